The van der Waals surface area contributed by atoms with Crippen LogP contribution in [-0.4, -0.2) is 53.2 Å². The normalized spacial score (nSPS) is 18.9. The fourth-order valence-electron chi connectivity index (χ4n) is 5.01. The zero-order chi connectivity index (χ0) is 28.4. The molecule has 7 rings (SSSR count). The van der Waals surface area contributed by atoms with Crippen molar-refractivity contribution in [3.05, 3.63) is 71.7 Å². The molecule has 2 aliphatic rings. The highest BCUT2D eigenvalue weighted by molar-refractivity contribution is 5.81. The lowest BCUT2D eigenvalue weighted by molar-refractivity contribution is -0.140. The van der Waals surface area contributed by atoms with Crippen LogP contribution in [0, 0.1) is 0 Å². The summed E-state index contributed by atoms with van der Waals surface area (Å²) in [5, 5.41) is 12.1. The van der Waals surface area contributed by atoms with E-state index in [0.29, 0.717) is 39.4 Å². The summed E-state index contributed by atoms with van der Waals surface area (Å²) in [5.74, 6) is 1.04. The molecule has 1 aliphatic heterocycles. The summed E-state index contributed by atoms with van der Waals surface area (Å²) in [4.78, 5) is 29.1. The van der Waals surface area contributed by atoms with Gasteiger partial charge >= 0.3 is 6.18 Å². The molecule has 5 aromatic rings. The number of alkyl halides is 3. The molecule has 0 radical (unpaired) electrons. The smallest absolute Gasteiger partial charge is 0.432 e. The van der Waals surface area contributed by atoms with Gasteiger partial charge in [0.15, 0.2) is 5.82 Å². The van der Waals surface area contributed by atoms with Crippen molar-refractivity contribution in [2.75, 3.05) is 13.2 Å². The summed E-state index contributed by atoms with van der Waals surface area (Å²) >= 11 is 0. The van der Waals surface area contributed by atoms with Gasteiger partial charge in [-0.2, -0.15) is 13.2 Å². The summed E-state index contributed by atoms with van der Waals surface area (Å²) in [6.45, 7) is 1.70. The number of nitrogens with zero attached hydrogens (tertiary/aromatic N) is 6. The van der Waals surface area contributed by atoms with Gasteiger partial charge < -0.3 is 19.6 Å². The lowest BCUT2D eigenvalue weighted by atomic mass is 9.89. The highest BCUT2D eigenvalue weighted by Crippen LogP contribution is 2.46. The van der Waals surface area contributed by atoms with E-state index in [4.69, 9.17) is 19.4 Å². The quantitative estimate of drug-likeness (QED) is 0.312. The topological polar surface area (TPSA) is 132 Å². The maximum Gasteiger partial charge on any atom is 0.432 e. The van der Waals surface area contributed by atoms with Crippen LogP contribution in [0.3, 0.4) is 0 Å². The molecule has 1 atom stereocenters. The number of halogens is 3. The van der Waals surface area contributed by atoms with Crippen molar-refractivity contribution in [3.63, 3.8) is 0 Å². The van der Waals surface area contributed by atoms with Crippen LogP contribution in [0.5, 0.6) is 11.6 Å². The van der Waals surface area contributed by atoms with Crippen LogP contribution in [0.1, 0.15) is 48.3 Å². The van der Waals surface area contributed by atoms with Gasteiger partial charge in [-0.25, -0.2) is 24.9 Å². The van der Waals surface area contributed by atoms with Crippen LogP contribution >= 0.6 is 0 Å². The summed E-state index contributed by atoms with van der Waals surface area (Å²) in [5.41, 5.74) is 0.361. The number of rotatable bonds is 2. The third kappa shape index (κ3) is 4.42. The van der Waals surface area contributed by atoms with Gasteiger partial charge in [0.2, 0.25) is 5.88 Å². The Kier molecular flexibility index (Phi) is 5.68. The zero-order valence-electron chi connectivity index (χ0n) is 21.6. The fourth-order valence-corrected chi connectivity index (χ4v) is 5.01. The molecule has 5 heterocycles. The first-order chi connectivity index (χ1) is 19.7. The number of benzene rings is 1. The van der Waals surface area contributed by atoms with Gasteiger partial charge in [0, 0.05) is 23.2 Å². The van der Waals surface area contributed by atoms with Crippen LogP contribution in [0.2, 0.25) is 0 Å². The number of nitrogens with one attached hydrogen (secondary N) is 1. The van der Waals surface area contributed by atoms with Crippen molar-refractivity contribution in [2.24, 2.45) is 0 Å². The van der Waals surface area contributed by atoms with E-state index in [1.54, 1.807) is 37.4 Å². The molecule has 10 nitrogen and oxygen atoms in total. The minimum Gasteiger partial charge on any atom is -0.490 e. The molecule has 1 unspecified atom stereocenters. The third-order valence-corrected chi connectivity index (χ3v) is 7.19. The molecule has 1 aromatic carbocycles. The molecule has 1 fully saturated rings. The van der Waals surface area contributed by atoms with Gasteiger partial charge in [0.25, 0.3) is 0 Å². The molecule has 4 aromatic heterocycles. The molecular formula is C28H22F3N7O3. The Bertz CT molecular complexity index is 1800. The van der Waals surface area contributed by atoms with Crippen LogP contribution in [0.25, 0.3) is 33.8 Å². The van der Waals surface area contributed by atoms with E-state index in [0.717, 1.165) is 24.7 Å². The predicted molar refractivity (Wildman–Crippen MR) is 139 cm³/mol. The maximum absolute atomic E-state index is 13.2. The van der Waals surface area contributed by atoms with Crippen LogP contribution in [0.15, 0.2) is 49.1 Å². The van der Waals surface area contributed by atoms with E-state index in [1.807, 2.05) is 0 Å². The van der Waals surface area contributed by atoms with Crippen LogP contribution < -0.4 is 9.47 Å². The van der Waals surface area contributed by atoms with Crippen molar-refractivity contribution in [1.29, 1.82) is 0 Å². The molecule has 13 heteroatoms. The molecule has 0 amide bonds. The second-order valence-electron chi connectivity index (χ2n) is 10.1. The Morgan fingerprint density at radius 3 is 2.63 bits per heavy atom. The minimum atomic E-state index is -4.57. The lowest BCUT2D eigenvalue weighted by Gasteiger charge is -2.28. The van der Waals surface area contributed by atoms with Crippen LogP contribution in [-0.2, 0) is 11.8 Å². The predicted octanol–water partition coefficient (Wildman–Crippen LogP) is 4.80. The average Bonchev–Trinajstić information content (AvgIpc) is 3.68. The van der Waals surface area contributed by atoms with Gasteiger partial charge in [-0.3, -0.25) is 4.98 Å². The Hall–Kier alpha value is -4.65. The first-order valence-corrected chi connectivity index (χ1v) is 12.9. The first kappa shape index (κ1) is 25.3. The molecular weight excluding hydrogens is 539 g/mol. The highest BCUT2D eigenvalue weighted by atomic mass is 19.4. The minimum absolute atomic E-state index is 0.000376. The van der Waals surface area contributed by atoms with Gasteiger partial charge in [0.1, 0.15) is 59.2 Å². The number of aliphatic hydroxyl groups is 1. The molecule has 0 spiro atoms. The summed E-state index contributed by atoms with van der Waals surface area (Å²) < 4.78 is 51.6. The van der Waals surface area contributed by atoms with Gasteiger partial charge in [-0.15, -0.1) is 0 Å². The monoisotopic (exact) mass is 561 g/mol. The Labute approximate surface area is 230 Å². The van der Waals surface area contributed by atoms with E-state index in [1.165, 1.54) is 12.4 Å². The summed E-state index contributed by atoms with van der Waals surface area (Å²) in [6.07, 6.45) is 1.13. The number of ether oxygens (including phenoxy) is 2. The number of aromatic nitrogens is 7. The summed E-state index contributed by atoms with van der Waals surface area (Å²) in [7, 11) is 0. The van der Waals surface area contributed by atoms with Crippen molar-refractivity contribution in [3.8, 4) is 34.4 Å². The summed E-state index contributed by atoms with van der Waals surface area (Å²) in [6, 6.07) is 8.17. The standard InChI is InChI=1S/C28H22F3N7O3/c1-27(39)16-7-6-15(24-33-12-19(37-24)28(29,30)31)11-18(16)40-9-10-41-26-20(21(14-4-5-14)34-13-35-26)25-36-17-3-2-8-32-22(17)23(27)38-25/h2-3,6-8,11-14,39H,4-5,9-10H2,1H3,(H,33,37). The van der Waals surface area contributed by atoms with Crippen molar-refractivity contribution >= 4 is 11.0 Å². The average molecular weight is 562 g/mol. The van der Waals surface area contributed by atoms with E-state index in [9.17, 15) is 18.3 Å². The number of H-pyrrole nitrogens is 1. The largest absolute Gasteiger partial charge is 0.490 e. The van der Waals surface area contributed by atoms with Crippen molar-refractivity contribution in [1.82, 2.24) is 34.9 Å². The number of aromatic amines is 1. The van der Waals surface area contributed by atoms with Gasteiger partial charge in [0.05, 0.1) is 17.4 Å². The SMILES string of the molecule is CC1(O)c2ccc(-c3ncc(C(F)(F)F)[nH]3)cc2OCCOc2ncnc(C3CC3)c2-c2nc1c1ncccc1n2. The van der Waals surface area contributed by atoms with E-state index < -0.39 is 17.5 Å². The van der Waals surface area contributed by atoms with E-state index in [-0.39, 0.29) is 36.4 Å². The molecule has 1 aliphatic carbocycles. The van der Waals surface area contributed by atoms with Crippen molar-refractivity contribution in [2.45, 2.75) is 37.5 Å². The number of hydrogen-bond acceptors (Lipinski definition) is 9. The highest BCUT2D eigenvalue weighted by Gasteiger charge is 2.37. The van der Waals surface area contributed by atoms with Crippen LogP contribution in [0.4, 0.5) is 13.2 Å². The second kappa shape index (κ2) is 9.20. The fraction of sp³-hybridized carbons (Fsp3) is 0.286. The van der Waals surface area contributed by atoms with E-state index >= 15 is 0 Å². The van der Waals surface area contributed by atoms with Gasteiger partial charge in [-0.1, -0.05) is 12.1 Å². The number of fused-ring (bicyclic) bond motifs is 7. The zero-order valence-corrected chi connectivity index (χ0v) is 21.6. The van der Waals surface area contributed by atoms with Gasteiger partial charge in [-0.05, 0) is 38.0 Å². The first-order valence-electron chi connectivity index (χ1n) is 12.9. The Balaban J connectivity index is 1.43. The number of hydrogen-bond donors (Lipinski definition) is 2. The maximum atomic E-state index is 13.2. The van der Waals surface area contributed by atoms with E-state index in [2.05, 4.69) is 24.9 Å². The number of pyridine rings is 1. The molecule has 2 bridgehead atoms. The Morgan fingerprint density at radius 1 is 1.02 bits per heavy atom. The second-order valence-corrected chi connectivity index (χ2v) is 10.1. The van der Waals surface area contributed by atoms with Crippen molar-refractivity contribution < 1.29 is 27.8 Å². The molecule has 0 saturated heterocycles. The number of imidazole rings is 1. The molecule has 208 valence electrons. The molecule has 2 N–H and O–H groups in total. The molecule has 1 saturated carbocycles. The Morgan fingerprint density at radius 2 is 1.85 bits per heavy atom. The lowest BCUT2D eigenvalue weighted by Crippen LogP contribution is -2.27. The third-order valence-electron chi connectivity index (χ3n) is 7.19. The molecule has 41 heavy (non-hydrogen) atoms.